The van der Waals surface area contributed by atoms with Crippen LogP contribution in [0.15, 0.2) is 60.8 Å². The van der Waals surface area contributed by atoms with Crippen molar-refractivity contribution < 1.29 is 28.6 Å². The van der Waals surface area contributed by atoms with Crippen molar-refractivity contribution in [3.8, 4) is 0 Å². The van der Waals surface area contributed by atoms with E-state index in [1.54, 1.807) is 0 Å². The van der Waals surface area contributed by atoms with Gasteiger partial charge in [-0.15, -0.1) is 0 Å². The van der Waals surface area contributed by atoms with Gasteiger partial charge < -0.3 is 14.2 Å². The molecule has 6 nitrogen and oxygen atoms in total. The third kappa shape index (κ3) is 48.0. The molecule has 0 bridgehead atoms. The number of hydrogen-bond acceptors (Lipinski definition) is 6. The Kier molecular flexibility index (Phi) is 47.4. The number of esters is 3. The molecule has 1 unspecified atom stereocenters. The van der Waals surface area contributed by atoms with E-state index in [-0.39, 0.29) is 31.1 Å². The molecule has 0 rings (SSSR count). The standard InChI is InChI=1S/C55H96O6/c1-4-7-10-13-16-18-20-22-24-26-27-29-30-32-34-36-39-42-45-48-54(57)60-51-52(50-59-53(56)47-44-41-38-15-12-9-6-3)61-55(58)49-46-43-40-37-35-33-31-28-25-23-21-19-17-14-11-8-5-2/h8,11,16-19,22-25,52H,4-7,9-10,12-15,20-21,26-51H2,1-3H3/b11-8-,18-16-,19-17-,24-22-,25-23-. The van der Waals surface area contributed by atoms with Gasteiger partial charge in [0.05, 0.1) is 0 Å². The van der Waals surface area contributed by atoms with E-state index in [4.69, 9.17) is 14.2 Å². The van der Waals surface area contributed by atoms with E-state index in [1.807, 2.05) is 0 Å². The van der Waals surface area contributed by atoms with E-state index in [0.717, 1.165) is 89.9 Å². The van der Waals surface area contributed by atoms with Crippen LogP contribution in [0.2, 0.25) is 0 Å². The number of unbranched alkanes of at least 4 members (excludes halogenated alkanes) is 25. The first-order valence-electron chi connectivity index (χ1n) is 25.8. The molecule has 0 aliphatic rings. The summed E-state index contributed by atoms with van der Waals surface area (Å²) < 4.78 is 16.7. The molecule has 0 saturated heterocycles. The van der Waals surface area contributed by atoms with Crippen molar-refractivity contribution >= 4 is 17.9 Å². The van der Waals surface area contributed by atoms with Gasteiger partial charge in [0, 0.05) is 19.3 Å². The van der Waals surface area contributed by atoms with Crippen LogP contribution in [-0.4, -0.2) is 37.2 Å². The Morgan fingerprint density at radius 1 is 0.344 bits per heavy atom. The highest BCUT2D eigenvalue weighted by atomic mass is 16.6. The molecule has 6 heteroatoms. The molecule has 0 fully saturated rings. The van der Waals surface area contributed by atoms with Crippen LogP contribution < -0.4 is 0 Å². The summed E-state index contributed by atoms with van der Waals surface area (Å²) in [5, 5.41) is 0. The largest absolute Gasteiger partial charge is 0.462 e. The van der Waals surface area contributed by atoms with Crippen LogP contribution in [0.4, 0.5) is 0 Å². The number of carbonyl (C=O) groups is 3. The van der Waals surface area contributed by atoms with Gasteiger partial charge in [-0.2, -0.15) is 0 Å². The number of allylic oxidation sites excluding steroid dienone is 10. The molecule has 0 radical (unpaired) electrons. The number of hydrogen-bond donors (Lipinski definition) is 0. The van der Waals surface area contributed by atoms with Crippen molar-refractivity contribution in [1.29, 1.82) is 0 Å². The molecule has 0 spiro atoms. The van der Waals surface area contributed by atoms with Crippen LogP contribution in [0, 0.1) is 0 Å². The lowest BCUT2D eigenvalue weighted by molar-refractivity contribution is -0.167. The van der Waals surface area contributed by atoms with Crippen LogP contribution in [0.5, 0.6) is 0 Å². The third-order valence-corrected chi connectivity index (χ3v) is 11.0. The lowest BCUT2D eigenvalue weighted by Crippen LogP contribution is -2.30. The second kappa shape index (κ2) is 49.8. The minimum absolute atomic E-state index is 0.0789. The summed E-state index contributed by atoms with van der Waals surface area (Å²) in [6.45, 7) is 6.46. The lowest BCUT2D eigenvalue weighted by Gasteiger charge is -2.18. The molecule has 0 amide bonds. The minimum atomic E-state index is -0.777. The lowest BCUT2D eigenvalue weighted by atomic mass is 10.1. The fourth-order valence-corrected chi connectivity index (χ4v) is 7.13. The van der Waals surface area contributed by atoms with Gasteiger partial charge in [0.15, 0.2) is 6.10 Å². The van der Waals surface area contributed by atoms with Gasteiger partial charge in [-0.3, -0.25) is 14.4 Å². The summed E-state index contributed by atoms with van der Waals surface area (Å²) in [4.78, 5) is 37.8. The maximum absolute atomic E-state index is 12.8. The smallest absolute Gasteiger partial charge is 0.306 e. The van der Waals surface area contributed by atoms with E-state index in [9.17, 15) is 14.4 Å². The van der Waals surface area contributed by atoms with E-state index in [1.165, 1.54) is 122 Å². The molecule has 61 heavy (non-hydrogen) atoms. The second-order valence-corrected chi connectivity index (χ2v) is 17.1. The summed E-state index contributed by atoms with van der Waals surface area (Å²) in [6, 6.07) is 0. The zero-order valence-electron chi connectivity index (χ0n) is 40.2. The van der Waals surface area contributed by atoms with Crippen LogP contribution in [0.1, 0.15) is 252 Å². The molecule has 0 aliphatic heterocycles. The van der Waals surface area contributed by atoms with Gasteiger partial charge in [-0.25, -0.2) is 0 Å². The molecule has 1 atom stereocenters. The average Bonchev–Trinajstić information content (AvgIpc) is 3.26. The van der Waals surface area contributed by atoms with Crippen molar-refractivity contribution in [3.63, 3.8) is 0 Å². The Morgan fingerprint density at radius 3 is 1.03 bits per heavy atom. The summed E-state index contributed by atoms with van der Waals surface area (Å²) in [7, 11) is 0. The summed E-state index contributed by atoms with van der Waals surface area (Å²) in [5.74, 6) is -0.896. The Balaban J connectivity index is 4.26. The van der Waals surface area contributed by atoms with Gasteiger partial charge in [0.1, 0.15) is 13.2 Å². The summed E-state index contributed by atoms with van der Waals surface area (Å²) in [6.07, 6.45) is 60.7. The van der Waals surface area contributed by atoms with Crippen LogP contribution in [-0.2, 0) is 28.6 Å². The summed E-state index contributed by atoms with van der Waals surface area (Å²) >= 11 is 0. The normalized spacial score (nSPS) is 12.5. The topological polar surface area (TPSA) is 78.9 Å². The van der Waals surface area contributed by atoms with Crippen molar-refractivity contribution in [3.05, 3.63) is 60.8 Å². The predicted octanol–water partition coefficient (Wildman–Crippen LogP) is 16.9. The maximum atomic E-state index is 12.8. The molecule has 0 aromatic rings. The first kappa shape index (κ1) is 58.1. The van der Waals surface area contributed by atoms with E-state index >= 15 is 0 Å². The zero-order valence-corrected chi connectivity index (χ0v) is 40.2. The van der Waals surface area contributed by atoms with Gasteiger partial charge in [0.2, 0.25) is 0 Å². The van der Waals surface area contributed by atoms with Crippen molar-refractivity contribution in [2.75, 3.05) is 13.2 Å². The second-order valence-electron chi connectivity index (χ2n) is 17.1. The molecule has 0 aliphatic carbocycles. The van der Waals surface area contributed by atoms with E-state index in [2.05, 4.69) is 81.5 Å². The van der Waals surface area contributed by atoms with Crippen LogP contribution in [0.25, 0.3) is 0 Å². The molecule has 0 aromatic carbocycles. The average molecular weight is 853 g/mol. The minimum Gasteiger partial charge on any atom is -0.462 e. The first-order chi connectivity index (χ1) is 30.0. The highest BCUT2D eigenvalue weighted by Gasteiger charge is 2.19. The quantitative estimate of drug-likeness (QED) is 0.0263. The monoisotopic (exact) mass is 853 g/mol. The molecule has 0 N–H and O–H groups in total. The Hall–Kier alpha value is -2.89. The van der Waals surface area contributed by atoms with Crippen molar-refractivity contribution in [2.45, 2.75) is 258 Å². The van der Waals surface area contributed by atoms with E-state index in [0.29, 0.717) is 19.3 Å². The van der Waals surface area contributed by atoms with Crippen LogP contribution in [0.3, 0.4) is 0 Å². The van der Waals surface area contributed by atoms with Crippen LogP contribution >= 0.6 is 0 Å². The molecular weight excluding hydrogens is 757 g/mol. The van der Waals surface area contributed by atoms with Gasteiger partial charge in [-0.05, 0) is 83.5 Å². The molecule has 0 aromatic heterocycles. The third-order valence-electron chi connectivity index (χ3n) is 11.0. The Labute approximate surface area is 377 Å². The number of ether oxygens (including phenoxy) is 3. The van der Waals surface area contributed by atoms with Gasteiger partial charge in [0.25, 0.3) is 0 Å². The fourth-order valence-electron chi connectivity index (χ4n) is 7.13. The SMILES string of the molecule is CC/C=C\C/C=C\C/C=C\CCCCCCCCCC(=O)OC(COC(=O)CCCCCCCCC)COC(=O)CCCCCCCCCCC/C=C\C/C=C\CCCCC. The number of carbonyl (C=O) groups excluding carboxylic acids is 3. The maximum Gasteiger partial charge on any atom is 0.306 e. The molecule has 0 saturated carbocycles. The number of rotatable bonds is 46. The Bertz CT molecular complexity index is 1120. The van der Waals surface area contributed by atoms with Crippen molar-refractivity contribution in [1.82, 2.24) is 0 Å². The predicted molar refractivity (Wildman–Crippen MR) is 261 cm³/mol. The Morgan fingerprint density at radius 2 is 0.639 bits per heavy atom. The van der Waals surface area contributed by atoms with E-state index < -0.39 is 6.10 Å². The molecule has 0 heterocycles. The van der Waals surface area contributed by atoms with Gasteiger partial charge >= 0.3 is 17.9 Å². The van der Waals surface area contributed by atoms with Gasteiger partial charge in [-0.1, -0.05) is 210 Å². The highest BCUT2D eigenvalue weighted by molar-refractivity contribution is 5.71. The first-order valence-corrected chi connectivity index (χ1v) is 25.8. The molecular formula is C55H96O6. The van der Waals surface area contributed by atoms with Crippen molar-refractivity contribution in [2.24, 2.45) is 0 Å². The fraction of sp³-hybridized carbons (Fsp3) is 0.764. The summed E-state index contributed by atoms with van der Waals surface area (Å²) in [5.41, 5.74) is 0. The highest BCUT2D eigenvalue weighted by Crippen LogP contribution is 2.15. The zero-order chi connectivity index (χ0) is 44.4. The molecule has 352 valence electrons.